The van der Waals surface area contributed by atoms with E-state index in [0.29, 0.717) is 27.1 Å². The molecular formula is C15H16N4O2S2. The number of hydrogen-bond donors (Lipinski definition) is 1. The van der Waals surface area contributed by atoms with Gasteiger partial charge in [0.1, 0.15) is 21.7 Å². The van der Waals surface area contributed by atoms with Crippen LogP contribution in [-0.4, -0.2) is 30.6 Å². The number of hydrazone groups is 1. The number of anilines is 1. The minimum atomic E-state index is 0.520. The molecule has 2 aromatic rings. The summed E-state index contributed by atoms with van der Waals surface area (Å²) in [4.78, 5) is 0. The van der Waals surface area contributed by atoms with Crippen LogP contribution in [-0.2, 0) is 0 Å². The van der Waals surface area contributed by atoms with Crippen LogP contribution >= 0.6 is 23.3 Å². The van der Waals surface area contributed by atoms with Gasteiger partial charge in [-0.25, -0.2) is 0 Å². The number of nitrogens with one attached hydrogen (secondary N) is 1. The maximum Gasteiger partial charge on any atom is 0.161 e. The van der Waals surface area contributed by atoms with Gasteiger partial charge in [0.2, 0.25) is 0 Å². The molecule has 1 heterocycles. The smallest absolute Gasteiger partial charge is 0.161 e. The monoisotopic (exact) mass is 348 g/mol. The van der Waals surface area contributed by atoms with Gasteiger partial charge in [-0.1, -0.05) is 0 Å². The van der Waals surface area contributed by atoms with Crippen molar-refractivity contribution in [1.29, 1.82) is 5.26 Å². The second kappa shape index (κ2) is 7.85. The standard InChI is InChI=1S/C15H16N4O2S2/c1-9(10-5-6-12(20-2)13(7-10)21-3)17-18-14-11(8-16)15(22-4)19-23-14/h5-7,18H,1-4H3. The molecule has 1 N–H and O–H groups in total. The fourth-order valence-corrected chi connectivity index (χ4v) is 3.26. The van der Waals surface area contributed by atoms with Crippen LogP contribution in [0, 0.1) is 11.3 Å². The van der Waals surface area contributed by atoms with E-state index in [2.05, 4.69) is 21.0 Å². The lowest BCUT2D eigenvalue weighted by Crippen LogP contribution is -2.01. The van der Waals surface area contributed by atoms with Crippen LogP contribution < -0.4 is 14.9 Å². The second-order valence-electron chi connectivity index (χ2n) is 4.39. The molecule has 0 aliphatic rings. The zero-order valence-corrected chi connectivity index (χ0v) is 14.8. The van der Waals surface area contributed by atoms with Gasteiger partial charge in [0.15, 0.2) is 11.5 Å². The third-order valence-corrected chi connectivity index (χ3v) is 4.64. The Hall–Kier alpha value is -2.24. The first-order chi connectivity index (χ1) is 11.1. The van der Waals surface area contributed by atoms with Crippen molar-refractivity contribution in [3.8, 4) is 17.6 Å². The number of aromatic nitrogens is 1. The van der Waals surface area contributed by atoms with Crippen LogP contribution in [0.5, 0.6) is 11.5 Å². The van der Waals surface area contributed by atoms with Gasteiger partial charge < -0.3 is 9.47 Å². The average Bonchev–Trinajstić information content (AvgIpc) is 3.00. The summed E-state index contributed by atoms with van der Waals surface area (Å²) in [5.41, 5.74) is 5.09. The van der Waals surface area contributed by atoms with E-state index in [9.17, 15) is 5.26 Å². The normalized spacial score (nSPS) is 11.0. The minimum absolute atomic E-state index is 0.520. The first-order valence-electron chi connectivity index (χ1n) is 6.61. The number of nitrogens with zero attached hydrogens (tertiary/aromatic N) is 3. The zero-order chi connectivity index (χ0) is 16.8. The van der Waals surface area contributed by atoms with Gasteiger partial charge in [0, 0.05) is 5.56 Å². The fraction of sp³-hybridized carbons (Fsp3) is 0.267. The van der Waals surface area contributed by atoms with Crippen molar-refractivity contribution in [3.63, 3.8) is 0 Å². The summed E-state index contributed by atoms with van der Waals surface area (Å²) in [5, 5.41) is 14.9. The molecule has 0 saturated carbocycles. The maximum absolute atomic E-state index is 9.21. The predicted molar refractivity (Wildman–Crippen MR) is 94.0 cm³/mol. The molecule has 0 radical (unpaired) electrons. The van der Waals surface area contributed by atoms with E-state index in [-0.39, 0.29) is 0 Å². The molecule has 6 nitrogen and oxygen atoms in total. The molecule has 0 bridgehead atoms. The molecule has 1 aromatic heterocycles. The Balaban J connectivity index is 2.24. The van der Waals surface area contributed by atoms with Crippen LogP contribution in [0.1, 0.15) is 18.1 Å². The molecule has 0 amide bonds. The van der Waals surface area contributed by atoms with Gasteiger partial charge in [0.25, 0.3) is 0 Å². The summed E-state index contributed by atoms with van der Waals surface area (Å²) in [6.07, 6.45) is 1.89. The van der Waals surface area contributed by atoms with E-state index < -0.39 is 0 Å². The van der Waals surface area contributed by atoms with E-state index in [1.165, 1.54) is 23.3 Å². The van der Waals surface area contributed by atoms with Gasteiger partial charge in [0.05, 0.1) is 19.9 Å². The summed E-state index contributed by atoms with van der Waals surface area (Å²) >= 11 is 2.66. The van der Waals surface area contributed by atoms with Crippen LogP contribution in [0.4, 0.5) is 5.00 Å². The first-order valence-corrected chi connectivity index (χ1v) is 8.60. The van der Waals surface area contributed by atoms with Gasteiger partial charge in [-0.2, -0.15) is 14.7 Å². The average molecular weight is 348 g/mol. The minimum Gasteiger partial charge on any atom is -0.493 e. The SMILES string of the molecule is COc1ccc(C(C)=NNc2snc(SC)c2C#N)cc1OC. The quantitative estimate of drug-likeness (QED) is 0.488. The van der Waals surface area contributed by atoms with Gasteiger partial charge in [-0.3, -0.25) is 5.43 Å². The van der Waals surface area contributed by atoms with E-state index >= 15 is 0 Å². The summed E-state index contributed by atoms with van der Waals surface area (Å²) in [5.74, 6) is 1.30. The van der Waals surface area contributed by atoms with E-state index in [1.54, 1.807) is 14.2 Å². The van der Waals surface area contributed by atoms with Gasteiger partial charge in [-0.05, 0) is 42.9 Å². The highest BCUT2D eigenvalue weighted by molar-refractivity contribution is 7.98. The molecule has 0 fully saturated rings. The predicted octanol–water partition coefficient (Wildman–Crippen LogP) is 3.59. The molecule has 0 unspecified atom stereocenters. The lowest BCUT2D eigenvalue weighted by molar-refractivity contribution is 0.355. The van der Waals surface area contributed by atoms with E-state index in [1.807, 2.05) is 31.4 Å². The van der Waals surface area contributed by atoms with E-state index in [4.69, 9.17) is 9.47 Å². The number of rotatable bonds is 6. The van der Waals surface area contributed by atoms with E-state index in [0.717, 1.165) is 11.3 Å². The molecule has 0 aliphatic heterocycles. The summed E-state index contributed by atoms with van der Waals surface area (Å²) in [7, 11) is 3.18. The number of thioether (sulfide) groups is 1. The molecule has 1 aromatic carbocycles. The Labute approximate surface area is 143 Å². The highest BCUT2D eigenvalue weighted by Crippen LogP contribution is 2.30. The van der Waals surface area contributed by atoms with Crippen molar-refractivity contribution >= 4 is 34.0 Å². The zero-order valence-electron chi connectivity index (χ0n) is 13.2. The van der Waals surface area contributed by atoms with Gasteiger partial charge in [-0.15, -0.1) is 11.8 Å². The van der Waals surface area contributed by atoms with Crippen molar-refractivity contribution < 1.29 is 9.47 Å². The first kappa shape index (κ1) is 17.1. The molecule has 0 saturated heterocycles. The molecule has 23 heavy (non-hydrogen) atoms. The molecule has 0 atom stereocenters. The lowest BCUT2D eigenvalue weighted by atomic mass is 10.1. The highest BCUT2D eigenvalue weighted by atomic mass is 32.2. The third-order valence-electron chi connectivity index (χ3n) is 3.09. The Bertz CT molecular complexity index is 765. The molecule has 0 spiro atoms. The largest absolute Gasteiger partial charge is 0.493 e. The number of nitriles is 1. The summed E-state index contributed by atoms with van der Waals surface area (Å²) in [6, 6.07) is 7.72. The Kier molecular flexibility index (Phi) is 5.84. The van der Waals surface area contributed by atoms with Crippen molar-refractivity contribution in [2.24, 2.45) is 5.10 Å². The molecular weight excluding hydrogens is 332 g/mol. The number of benzene rings is 1. The van der Waals surface area contributed by atoms with Crippen LogP contribution in [0.2, 0.25) is 0 Å². The number of ether oxygens (including phenoxy) is 2. The fourth-order valence-electron chi connectivity index (χ4n) is 1.85. The number of hydrogen-bond acceptors (Lipinski definition) is 8. The highest BCUT2D eigenvalue weighted by Gasteiger charge is 2.12. The molecule has 2 rings (SSSR count). The molecule has 8 heteroatoms. The Morgan fingerprint density at radius 2 is 2.09 bits per heavy atom. The molecule has 120 valence electrons. The van der Waals surface area contributed by atoms with Crippen LogP contribution in [0.15, 0.2) is 28.3 Å². The second-order valence-corrected chi connectivity index (χ2v) is 5.95. The van der Waals surface area contributed by atoms with Crippen LogP contribution in [0.3, 0.4) is 0 Å². The van der Waals surface area contributed by atoms with Gasteiger partial charge >= 0.3 is 0 Å². The third kappa shape index (κ3) is 3.75. The van der Waals surface area contributed by atoms with Crippen LogP contribution in [0.25, 0.3) is 0 Å². The Morgan fingerprint density at radius 3 is 2.70 bits per heavy atom. The Morgan fingerprint density at radius 1 is 1.35 bits per heavy atom. The van der Waals surface area contributed by atoms with Crippen molar-refractivity contribution in [1.82, 2.24) is 4.37 Å². The summed E-state index contributed by atoms with van der Waals surface area (Å²) < 4.78 is 14.7. The summed E-state index contributed by atoms with van der Waals surface area (Å²) in [6.45, 7) is 1.87. The van der Waals surface area contributed by atoms with Crippen molar-refractivity contribution in [2.75, 3.05) is 25.9 Å². The lowest BCUT2D eigenvalue weighted by Gasteiger charge is -2.09. The molecule has 0 aliphatic carbocycles. The van der Waals surface area contributed by atoms with Crippen molar-refractivity contribution in [3.05, 3.63) is 29.3 Å². The van der Waals surface area contributed by atoms with Crippen molar-refractivity contribution in [2.45, 2.75) is 11.9 Å². The number of methoxy groups -OCH3 is 2. The maximum atomic E-state index is 9.21. The topological polar surface area (TPSA) is 79.5 Å².